The SMILES string of the molecule is CCOC(=O)Cn1c(C)c(C=Nc2sc3c(c2C(=O)Nc2ccccc2)CCCC3)c2ccccc21. The molecule has 1 N–H and O–H groups in total. The van der Waals surface area contributed by atoms with Crippen molar-refractivity contribution in [2.24, 2.45) is 4.99 Å². The van der Waals surface area contributed by atoms with E-state index in [9.17, 15) is 9.59 Å². The van der Waals surface area contributed by atoms with Gasteiger partial charge in [-0.15, -0.1) is 11.3 Å². The standard InChI is InChI=1S/C29H29N3O3S/c1-3-35-26(33)18-32-19(2)23(21-13-7-9-15-24(21)32)17-30-29-27(22-14-8-10-16-25(22)36-29)28(34)31-20-11-5-4-6-12-20/h4-7,9,11-13,15,17H,3,8,10,14,16,18H2,1-2H3,(H,31,34). The van der Waals surface area contributed by atoms with Crippen LogP contribution in [0.2, 0.25) is 0 Å². The number of aliphatic imine (C=N–C) groups is 1. The van der Waals surface area contributed by atoms with Crippen LogP contribution < -0.4 is 5.32 Å². The molecule has 1 aliphatic rings. The molecule has 7 heteroatoms. The van der Waals surface area contributed by atoms with Gasteiger partial charge in [-0.2, -0.15) is 0 Å². The molecule has 2 aromatic heterocycles. The topological polar surface area (TPSA) is 72.7 Å². The number of anilines is 1. The van der Waals surface area contributed by atoms with E-state index in [0.29, 0.717) is 12.2 Å². The lowest BCUT2D eigenvalue weighted by molar-refractivity contribution is -0.143. The lowest BCUT2D eigenvalue weighted by Gasteiger charge is -2.12. The minimum atomic E-state index is -0.268. The first-order chi connectivity index (χ1) is 17.6. The number of carbonyl (C=O) groups is 2. The van der Waals surface area contributed by atoms with Gasteiger partial charge in [0.2, 0.25) is 0 Å². The first-order valence-corrected chi connectivity index (χ1v) is 13.2. The predicted molar refractivity (Wildman–Crippen MR) is 146 cm³/mol. The summed E-state index contributed by atoms with van der Waals surface area (Å²) in [6.07, 6.45) is 5.95. The average Bonchev–Trinajstić information content (AvgIpc) is 3.38. The summed E-state index contributed by atoms with van der Waals surface area (Å²) in [5.41, 5.74) is 5.42. The summed E-state index contributed by atoms with van der Waals surface area (Å²) < 4.78 is 7.16. The van der Waals surface area contributed by atoms with Crippen molar-refractivity contribution in [2.75, 3.05) is 11.9 Å². The third-order valence-corrected chi connectivity index (χ3v) is 7.79. The number of carbonyl (C=O) groups excluding carboxylic acids is 2. The molecule has 0 aliphatic heterocycles. The molecule has 0 spiro atoms. The second-order valence-electron chi connectivity index (χ2n) is 8.88. The van der Waals surface area contributed by atoms with Gasteiger partial charge in [0.05, 0.1) is 12.2 Å². The summed E-state index contributed by atoms with van der Waals surface area (Å²) in [7, 11) is 0. The smallest absolute Gasteiger partial charge is 0.325 e. The van der Waals surface area contributed by atoms with Gasteiger partial charge >= 0.3 is 5.97 Å². The molecule has 0 saturated heterocycles. The molecule has 184 valence electrons. The largest absolute Gasteiger partial charge is 0.465 e. The number of nitrogens with zero attached hydrogens (tertiary/aromatic N) is 2. The number of thiophene rings is 1. The van der Waals surface area contributed by atoms with Crippen LogP contribution >= 0.6 is 11.3 Å². The Morgan fingerprint density at radius 1 is 1.08 bits per heavy atom. The van der Waals surface area contributed by atoms with Crippen LogP contribution in [-0.4, -0.2) is 29.3 Å². The summed E-state index contributed by atoms with van der Waals surface area (Å²) >= 11 is 1.62. The van der Waals surface area contributed by atoms with Gasteiger partial charge in [0.25, 0.3) is 5.91 Å². The number of hydrogen-bond acceptors (Lipinski definition) is 5. The molecule has 36 heavy (non-hydrogen) atoms. The molecule has 4 aromatic rings. The van der Waals surface area contributed by atoms with Crippen molar-refractivity contribution in [3.8, 4) is 0 Å². The maximum absolute atomic E-state index is 13.4. The average molecular weight is 500 g/mol. The third-order valence-electron chi connectivity index (χ3n) is 6.59. The molecule has 6 nitrogen and oxygen atoms in total. The van der Waals surface area contributed by atoms with Gasteiger partial charge in [-0.3, -0.25) is 9.59 Å². The van der Waals surface area contributed by atoms with E-state index in [-0.39, 0.29) is 18.4 Å². The zero-order valence-corrected chi connectivity index (χ0v) is 21.4. The maximum Gasteiger partial charge on any atom is 0.325 e. The Morgan fingerprint density at radius 3 is 2.64 bits per heavy atom. The van der Waals surface area contributed by atoms with E-state index in [1.54, 1.807) is 11.3 Å². The van der Waals surface area contributed by atoms with E-state index in [0.717, 1.165) is 64.1 Å². The van der Waals surface area contributed by atoms with Crippen LogP contribution in [-0.2, 0) is 28.9 Å². The number of para-hydroxylation sites is 2. The van der Waals surface area contributed by atoms with Crippen LogP contribution in [0.4, 0.5) is 10.7 Å². The Hall–Kier alpha value is -3.71. The zero-order valence-electron chi connectivity index (χ0n) is 20.5. The minimum absolute atomic E-state index is 0.116. The summed E-state index contributed by atoms with van der Waals surface area (Å²) in [6.45, 7) is 4.29. The number of hydrogen-bond donors (Lipinski definition) is 1. The Morgan fingerprint density at radius 2 is 1.83 bits per heavy atom. The van der Waals surface area contributed by atoms with Crippen molar-refractivity contribution in [3.05, 3.63) is 81.9 Å². The normalized spacial score (nSPS) is 13.2. The number of aryl methyl sites for hydroxylation is 1. The molecule has 0 saturated carbocycles. The highest BCUT2D eigenvalue weighted by atomic mass is 32.1. The van der Waals surface area contributed by atoms with E-state index < -0.39 is 0 Å². The van der Waals surface area contributed by atoms with Crippen molar-refractivity contribution >= 4 is 51.0 Å². The molecule has 0 atom stereocenters. The van der Waals surface area contributed by atoms with Gasteiger partial charge in [0.1, 0.15) is 11.5 Å². The van der Waals surface area contributed by atoms with Crippen LogP contribution in [0, 0.1) is 6.92 Å². The number of amides is 1. The summed E-state index contributed by atoms with van der Waals surface area (Å²) in [4.78, 5) is 31.8. The Kier molecular flexibility index (Phi) is 7.00. The van der Waals surface area contributed by atoms with Crippen molar-refractivity contribution < 1.29 is 14.3 Å². The summed E-state index contributed by atoms with van der Waals surface area (Å²) in [5, 5.41) is 4.80. The quantitative estimate of drug-likeness (QED) is 0.234. The molecule has 0 bridgehead atoms. The van der Waals surface area contributed by atoms with Gasteiger partial charge in [-0.25, -0.2) is 4.99 Å². The monoisotopic (exact) mass is 499 g/mol. The number of benzene rings is 2. The first kappa shape index (κ1) is 24.0. The van der Waals surface area contributed by atoms with E-state index in [2.05, 4.69) is 5.32 Å². The van der Waals surface area contributed by atoms with Gasteiger partial charge in [-0.1, -0.05) is 36.4 Å². The second-order valence-corrected chi connectivity index (χ2v) is 9.96. The van der Waals surface area contributed by atoms with Gasteiger partial charge in [-0.05, 0) is 63.3 Å². The van der Waals surface area contributed by atoms with Gasteiger partial charge < -0.3 is 14.6 Å². The molecular weight excluding hydrogens is 470 g/mol. The van der Waals surface area contributed by atoms with Crippen LogP contribution in [0.15, 0.2) is 59.6 Å². The fourth-order valence-corrected chi connectivity index (χ4v) is 6.11. The number of ether oxygens (including phenoxy) is 1. The highest BCUT2D eigenvalue weighted by Gasteiger charge is 2.25. The number of rotatable bonds is 7. The first-order valence-electron chi connectivity index (χ1n) is 12.3. The lowest BCUT2D eigenvalue weighted by Crippen LogP contribution is -2.14. The maximum atomic E-state index is 13.4. The Balaban J connectivity index is 1.54. The number of esters is 1. The molecule has 2 aromatic carbocycles. The zero-order chi connectivity index (χ0) is 25.1. The number of nitrogens with one attached hydrogen (secondary N) is 1. The van der Waals surface area contributed by atoms with Crippen LogP contribution in [0.25, 0.3) is 10.9 Å². The molecule has 1 amide bonds. The lowest BCUT2D eigenvalue weighted by atomic mass is 9.95. The van der Waals surface area contributed by atoms with Crippen LogP contribution in [0.3, 0.4) is 0 Å². The fraction of sp³-hybridized carbons (Fsp3) is 0.276. The van der Waals surface area contributed by atoms with Crippen LogP contribution in [0.5, 0.6) is 0 Å². The third kappa shape index (κ3) is 4.71. The van der Waals surface area contributed by atoms with E-state index in [4.69, 9.17) is 9.73 Å². The van der Waals surface area contributed by atoms with Crippen molar-refractivity contribution in [2.45, 2.75) is 46.1 Å². The van der Waals surface area contributed by atoms with E-state index >= 15 is 0 Å². The highest BCUT2D eigenvalue weighted by Crippen LogP contribution is 2.40. The van der Waals surface area contributed by atoms with Crippen molar-refractivity contribution in [3.63, 3.8) is 0 Å². The second kappa shape index (κ2) is 10.5. The summed E-state index contributed by atoms with van der Waals surface area (Å²) in [5.74, 6) is -0.384. The fourth-order valence-electron chi connectivity index (χ4n) is 4.88. The molecular formula is C29H29N3O3S. The number of fused-ring (bicyclic) bond motifs is 2. The van der Waals surface area contributed by atoms with E-state index in [1.165, 1.54) is 4.88 Å². The number of aromatic nitrogens is 1. The molecule has 2 heterocycles. The molecule has 0 fully saturated rings. The molecule has 5 rings (SSSR count). The minimum Gasteiger partial charge on any atom is -0.465 e. The van der Waals surface area contributed by atoms with Gasteiger partial charge in [0, 0.05) is 38.9 Å². The highest BCUT2D eigenvalue weighted by molar-refractivity contribution is 7.16. The van der Waals surface area contributed by atoms with Crippen molar-refractivity contribution in [1.29, 1.82) is 0 Å². The summed E-state index contributed by atoms with van der Waals surface area (Å²) in [6, 6.07) is 17.5. The Bertz CT molecular complexity index is 1450. The Labute approximate surface area is 214 Å². The van der Waals surface area contributed by atoms with Crippen LogP contribution in [0.1, 0.15) is 51.8 Å². The van der Waals surface area contributed by atoms with E-state index in [1.807, 2.05) is 79.2 Å². The molecule has 0 radical (unpaired) electrons. The predicted octanol–water partition coefficient (Wildman–Crippen LogP) is 6.46. The molecule has 0 unspecified atom stereocenters. The molecule has 1 aliphatic carbocycles. The van der Waals surface area contributed by atoms with Crippen molar-refractivity contribution in [1.82, 2.24) is 4.57 Å². The van der Waals surface area contributed by atoms with Gasteiger partial charge in [0.15, 0.2) is 0 Å².